The molecule has 0 aliphatic carbocycles. The molecule has 0 bridgehead atoms. The van der Waals surface area contributed by atoms with Crippen LogP contribution in [0, 0.1) is 6.92 Å². The highest BCUT2D eigenvalue weighted by Gasteiger charge is 2.20. The Morgan fingerprint density at radius 3 is 2.10 bits per heavy atom. The van der Waals surface area contributed by atoms with Gasteiger partial charge >= 0.3 is 0 Å². The molecule has 5 heteroatoms. The molecule has 0 atom stereocenters. The number of carbonyl (C=O) groups is 1. The summed E-state index contributed by atoms with van der Waals surface area (Å²) in [5, 5.41) is 0.453. The van der Waals surface area contributed by atoms with E-state index in [9.17, 15) is 13.2 Å². The SMILES string of the molecule is Cc1ccc(C(=O)CS(=O)(=O)c2ccc(Cl)cc2)cc1. The monoisotopic (exact) mass is 308 g/mol. The molecule has 0 fully saturated rings. The van der Waals surface area contributed by atoms with E-state index in [1.165, 1.54) is 24.3 Å². The molecule has 0 spiro atoms. The van der Waals surface area contributed by atoms with Gasteiger partial charge in [0.25, 0.3) is 0 Å². The topological polar surface area (TPSA) is 51.2 Å². The third-order valence-electron chi connectivity index (χ3n) is 2.87. The lowest BCUT2D eigenvalue weighted by Crippen LogP contribution is -2.16. The Hall–Kier alpha value is -1.65. The molecule has 0 aliphatic heterocycles. The predicted octanol–water partition coefficient (Wildman–Crippen LogP) is 3.31. The Bertz CT molecular complexity index is 717. The van der Waals surface area contributed by atoms with Gasteiger partial charge in [0.05, 0.1) is 4.90 Å². The van der Waals surface area contributed by atoms with Gasteiger partial charge in [0.1, 0.15) is 5.75 Å². The molecule has 0 radical (unpaired) electrons. The summed E-state index contributed by atoms with van der Waals surface area (Å²) >= 11 is 5.72. The fourth-order valence-electron chi connectivity index (χ4n) is 1.72. The summed E-state index contributed by atoms with van der Waals surface area (Å²) in [6, 6.07) is 12.6. The van der Waals surface area contributed by atoms with Crippen molar-refractivity contribution in [3.05, 3.63) is 64.7 Å². The highest BCUT2D eigenvalue weighted by Crippen LogP contribution is 2.16. The lowest BCUT2D eigenvalue weighted by molar-refractivity contribution is 0.102. The van der Waals surface area contributed by atoms with Gasteiger partial charge in [0.2, 0.25) is 0 Å². The molecule has 2 rings (SSSR count). The fourth-order valence-corrected chi connectivity index (χ4v) is 3.08. The molecule has 2 aromatic rings. The van der Waals surface area contributed by atoms with E-state index < -0.39 is 21.4 Å². The van der Waals surface area contributed by atoms with E-state index >= 15 is 0 Å². The first-order chi connectivity index (χ1) is 9.38. The molecule has 2 aromatic carbocycles. The van der Waals surface area contributed by atoms with Crippen LogP contribution in [0.15, 0.2) is 53.4 Å². The lowest BCUT2D eigenvalue weighted by atomic mass is 10.1. The molecule has 0 aromatic heterocycles. The fraction of sp³-hybridized carbons (Fsp3) is 0.133. The van der Waals surface area contributed by atoms with Crippen molar-refractivity contribution in [1.82, 2.24) is 0 Å². The number of ketones is 1. The van der Waals surface area contributed by atoms with Crippen LogP contribution in [-0.4, -0.2) is 20.0 Å². The van der Waals surface area contributed by atoms with Gasteiger partial charge in [0, 0.05) is 10.6 Å². The summed E-state index contributed by atoms with van der Waals surface area (Å²) in [6.45, 7) is 1.90. The normalized spacial score (nSPS) is 11.3. The van der Waals surface area contributed by atoms with E-state index in [-0.39, 0.29) is 4.90 Å². The molecule has 0 heterocycles. The van der Waals surface area contributed by atoms with Crippen molar-refractivity contribution in [2.45, 2.75) is 11.8 Å². The number of benzene rings is 2. The van der Waals surface area contributed by atoms with Gasteiger partial charge in [-0.1, -0.05) is 41.4 Å². The standard InChI is InChI=1S/C15H13ClO3S/c1-11-2-4-12(5-3-11)15(17)10-20(18,19)14-8-6-13(16)7-9-14/h2-9H,10H2,1H3. The molecule has 0 unspecified atom stereocenters. The van der Waals surface area contributed by atoms with Crippen molar-refractivity contribution in [1.29, 1.82) is 0 Å². The summed E-state index contributed by atoms with van der Waals surface area (Å²) in [7, 11) is -3.64. The van der Waals surface area contributed by atoms with Crippen LogP contribution in [-0.2, 0) is 9.84 Å². The van der Waals surface area contributed by atoms with Crippen LogP contribution in [0.1, 0.15) is 15.9 Å². The minimum absolute atomic E-state index is 0.0994. The van der Waals surface area contributed by atoms with Crippen molar-refractivity contribution in [2.75, 3.05) is 5.75 Å². The van der Waals surface area contributed by atoms with E-state index in [0.717, 1.165) is 5.56 Å². The molecule has 20 heavy (non-hydrogen) atoms. The number of hydrogen-bond acceptors (Lipinski definition) is 3. The quantitative estimate of drug-likeness (QED) is 0.814. The van der Waals surface area contributed by atoms with Gasteiger partial charge in [-0.2, -0.15) is 0 Å². The second-order valence-corrected chi connectivity index (χ2v) is 6.93. The third kappa shape index (κ3) is 3.46. The number of halogens is 1. The first-order valence-corrected chi connectivity index (χ1v) is 8.00. The molecule has 0 aliphatic rings. The Balaban J connectivity index is 2.22. The van der Waals surface area contributed by atoms with Crippen LogP contribution in [0.3, 0.4) is 0 Å². The van der Waals surface area contributed by atoms with E-state index in [1.807, 2.05) is 6.92 Å². The van der Waals surface area contributed by atoms with Crippen LogP contribution >= 0.6 is 11.6 Å². The third-order valence-corrected chi connectivity index (χ3v) is 4.75. The van der Waals surface area contributed by atoms with Gasteiger partial charge in [-0.05, 0) is 31.2 Å². The van der Waals surface area contributed by atoms with Crippen molar-refractivity contribution >= 4 is 27.2 Å². The van der Waals surface area contributed by atoms with Crippen molar-refractivity contribution in [2.24, 2.45) is 0 Å². The Morgan fingerprint density at radius 1 is 1.00 bits per heavy atom. The largest absolute Gasteiger partial charge is 0.293 e. The van der Waals surface area contributed by atoms with E-state index in [1.54, 1.807) is 24.3 Å². The number of rotatable bonds is 4. The van der Waals surface area contributed by atoms with Gasteiger partial charge < -0.3 is 0 Å². The highest BCUT2D eigenvalue weighted by molar-refractivity contribution is 7.92. The Kier molecular flexibility index (Phi) is 4.26. The van der Waals surface area contributed by atoms with Crippen molar-refractivity contribution in [3.8, 4) is 0 Å². The number of aryl methyl sites for hydroxylation is 1. The van der Waals surface area contributed by atoms with Crippen molar-refractivity contribution in [3.63, 3.8) is 0 Å². The Labute approximate surface area is 123 Å². The minimum Gasteiger partial charge on any atom is -0.293 e. The summed E-state index contributed by atoms with van der Waals surface area (Å²) in [6.07, 6.45) is 0. The van der Waals surface area contributed by atoms with Crippen LogP contribution in [0.4, 0.5) is 0 Å². The summed E-state index contributed by atoms with van der Waals surface area (Å²) in [4.78, 5) is 12.1. The maximum Gasteiger partial charge on any atom is 0.185 e. The van der Waals surface area contributed by atoms with E-state index in [2.05, 4.69) is 0 Å². The molecular weight excluding hydrogens is 296 g/mol. The van der Waals surface area contributed by atoms with Crippen LogP contribution < -0.4 is 0 Å². The maximum absolute atomic E-state index is 12.1. The second-order valence-electron chi connectivity index (χ2n) is 4.50. The summed E-state index contributed by atoms with van der Waals surface area (Å²) < 4.78 is 24.3. The molecule has 0 saturated heterocycles. The van der Waals surface area contributed by atoms with Crippen LogP contribution in [0.25, 0.3) is 0 Å². The molecule has 0 amide bonds. The second kappa shape index (κ2) is 5.77. The maximum atomic E-state index is 12.1. The zero-order chi connectivity index (χ0) is 14.8. The van der Waals surface area contributed by atoms with Gasteiger partial charge in [-0.15, -0.1) is 0 Å². The van der Waals surface area contributed by atoms with Crippen LogP contribution in [0.2, 0.25) is 5.02 Å². The van der Waals surface area contributed by atoms with Gasteiger partial charge in [0.15, 0.2) is 15.6 Å². The molecule has 0 saturated carbocycles. The molecule has 104 valence electrons. The lowest BCUT2D eigenvalue weighted by Gasteiger charge is -2.04. The Morgan fingerprint density at radius 2 is 1.55 bits per heavy atom. The average molecular weight is 309 g/mol. The number of carbonyl (C=O) groups excluding carboxylic acids is 1. The van der Waals surface area contributed by atoms with Gasteiger partial charge in [-0.3, -0.25) is 4.79 Å². The predicted molar refractivity (Wildman–Crippen MR) is 79.0 cm³/mol. The van der Waals surface area contributed by atoms with E-state index in [4.69, 9.17) is 11.6 Å². The highest BCUT2D eigenvalue weighted by atomic mass is 35.5. The van der Waals surface area contributed by atoms with Crippen molar-refractivity contribution < 1.29 is 13.2 Å². The number of Topliss-reactive ketones (excluding diaryl/α,β-unsaturated/α-hetero) is 1. The summed E-state index contributed by atoms with van der Waals surface area (Å²) in [5.41, 5.74) is 1.41. The number of sulfone groups is 1. The molecule has 0 N–H and O–H groups in total. The molecular formula is C15H13ClO3S. The first kappa shape index (κ1) is 14.8. The average Bonchev–Trinajstić information content (AvgIpc) is 2.39. The smallest absolute Gasteiger partial charge is 0.185 e. The number of hydrogen-bond donors (Lipinski definition) is 0. The molecule has 3 nitrogen and oxygen atoms in total. The van der Waals surface area contributed by atoms with E-state index in [0.29, 0.717) is 10.6 Å². The zero-order valence-corrected chi connectivity index (χ0v) is 12.4. The first-order valence-electron chi connectivity index (χ1n) is 5.97. The van der Waals surface area contributed by atoms with Crippen LogP contribution in [0.5, 0.6) is 0 Å². The summed E-state index contributed by atoms with van der Waals surface area (Å²) in [5.74, 6) is -0.961. The minimum atomic E-state index is -3.64. The van der Waals surface area contributed by atoms with Gasteiger partial charge in [-0.25, -0.2) is 8.42 Å². The zero-order valence-electron chi connectivity index (χ0n) is 10.8.